The molecule has 1 unspecified atom stereocenters. The third-order valence-corrected chi connectivity index (χ3v) is 3.80. The number of rotatable bonds is 5. The summed E-state index contributed by atoms with van der Waals surface area (Å²) >= 11 is 0. The molecule has 1 heterocycles. The molecule has 0 aliphatic rings. The summed E-state index contributed by atoms with van der Waals surface area (Å²) in [6.07, 6.45) is 2.52. The summed E-state index contributed by atoms with van der Waals surface area (Å²) in [7, 11) is 0. The second kappa shape index (κ2) is 6.39. The molecule has 114 valence electrons. The lowest BCUT2D eigenvalue weighted by atomic mass is 9.86. The van der Waals surface area contributed by atoms with Gasteiger partial charge in [0.2, 0.25) is 5.43 Å². The molecule has 0 aliphatic carbocycles. The van der Waals surface area contributed by atoms with Gasteiger partial charge in [-0.25, -0.2) is 0 Å². The van der Waals surface area contributed by atoms with Gasteiger partial charge in [-0.3, -0.25) is 9.48 Å². The van der Waals surface area contributed by atoms with Crippen LogP contribution in [0.25, 0.3) is 10.9 Å². The van der Waals surface area contributed by atoms with Gasteiger partial charge in [-0.1, -0.05) is 39.8 Å². The quantitative estimate of drug-likeness (QED) is 0.920. The van der Waals surface area contributed by atoms with Gasteiger partial charge in [0.1, 0.15) is 0 Å². The van der Waals surface area contributed by atoms with E-state index in [1.165, 1.54) is 6.20 Å². The Labute approximate surface area is 126 Å². The first-order chi connectivity index (χ1) is 9.93. The van der Waals surface area contributed by atoms with E-state index in [1.54, 1.807) is 0 Å². The molecule has 0 spiro atoms. The lowest BCUT2D eigenvalue weighted by Gasteiger charge is -2.32. The SMILES string of the molecule is CCCNC(Cn1ncc(=O)c2ccccc21)C(C)(C)C. The summed E-state index contributed by atoms with van der Waals surface area (Å²) in [4.78, 5) is 11.9. The summed E-state index contributed by atoms with van der Waals surface area (Å²) in [5.74, 6) is 0. The van der Waals surface area contributed by atoms with Crippen LogP contribution in [0.2, 0.25) is 0 Å². The van der Waals surface area contributed by atoms with Crippen molar-refractivity contribution in [3.05, 3.63) is 40.7 Å². The zero-order valence-electron chi connectivity index (χ0n) is 13.4. The van der Waals surface area contributed by atoms with Crippen molar-refractivity contribution in [1.29, 1.82) is 0 Å². The Morgan fingerprint density at radius 3 is 2.67 bits per heavy atom. The smallest absolute Gasteiger partial charge is 0.207 e. The highest BCUT2D eigenvalue weighted by molar-refractivity contribution is 5.77. The maximum atomic E-state index is 11.9. The summed E-state index contributed by atoms with van der Waals surface area (Å²) in [6.45, 7) is 10.6. The van der Waals surface area contributed by atoms with Crippen molar-refractivity contribution >= 4 is 10.9 Å². The predicted molar refractivity (Wildman–Crippen MR) is 87.5 cm³/mol. The Hall–Kier alpha value is -1.68. The topological polar surface area (TPSA) is 46.9 Å². The fraction of sp³-hybridized carbons (Fsp3) is 0.529. The molecule has 0 aliphatic heterocycles. The van der Waals surface area contributed by atoms with Crippen LogP contribution in [0, 0.1) is 5.41 Å². The van der Waals surface area contributed by atoms with Crippen LogP contribution in [-0.2, 0) is 6.54 Å². The van der Waals surface area contributed by atoms with Gasteiger partial charge in [0.15, 0.2) is 0 Å². The van der Waals surface area contributed by atoms with E-state index in [9.17, 15) is 4.79 Å². The molecule has 0 fully saturated rings. The van der Waals surface area contributed by atoms with Crippen LogP contribution in [0.5, 0.6) is 0 Å². The Balaban J connectivity index is 2.37. The van der Waals surface area contributed by atoms with Crippen LogP contribution in [0.4, 0.5) is 0 Å². The van der Waals surface area contributed by atoms with Gasteiger partial charge in [0.25, 0.3) is 0 Å². The Bertz CT molecular complexity index is 655. The largest absolute Gasteiger partial charge is 0.312 e. The summed E-state index contributed by atoms with van der Waals surface area (Å²) in [5, 5.41) is 8.66. The van der Waals surface area contributed by atoms with Gasteiger partial charge in [0.05, 0.1) is 18.3 Å². The van der Waals surface area contributed by atoms with Crippen molar-refractivity contribution in [1.82, 2.24) is 15.1 Å². The molecule has 2 aromatic rings. The van der Waals surface area contributed by atoms with Crippen molar-refractivity contribution in [2.24, 2.45) is 5.41 Å². The Morgan fingerprint density at radius 1 is 1.29 bits per heavy atom. The first kappa shape index (κ1) is 15.7. The van der Waals surface area contributed by atoms with Crippen LogP contribution in [0.15, 0.2) is 35.3 Å². The number of hydrogen-bond acceptors (Lipinski definition) is 3. The molecule has 1 aromatic heterocycles. The van der Waals surface area contributed by atoms with Crippen molar-refractivity contribution in [3.8, 4) is 0 Å². The highest BCUT2D eigenvalue weighted by atomic mass is 16.1. The van der Waals surface area contributed by atoms with Crippen molar-refractivity contribution in [2.45, 2.75) is 46.7 Å². The number of benzene rings is 1. The van der Waals surface area contributed by atoms with E-state index < -0.39 is 0 Å². The van der Waals surface area contributed by atoms with Gasteiger partial charge in [-0.05, 0) is 30.5 Å². The van der Waals surface area contributed by atoms with Crippen molar-refractivity contribution < 1.29 is 0 Å². The second-order valence-corrected chi connectivity index (χ2v) is 6.58. The number of fused-ring (bicyclic) bond motifs is 1. The minimum Gasteiger partial charge on any atom is -0.312 e. The highest BCUT2D eigenvalue weighted by Gasteiger charge is 2.24. The first-order valence-corrected chi connectivity index (χ1v) is 7.61. The van der Waals surface area contributed by atoms with Crippen LogP contribution in [-0.4, -0.2) is 22.4 Å². The number of nitrogens with zero attached hydrogens (tertiary/aromatic N) is 2. The zero-order chi connectivity index (χ0) is 15.5. The standard InChI is InChI=1S/C17H25N3O/c1-5-10-18-16(17(2,3)4)12-20-14-9-7-6-8-13(14)15(21)11-19-20/h6-9,11,16,18H,5,10,12H2,1-4H3. The molecular formula is C17H25N3O. The first-order valence-electron chi connectivity index (χ1n) is 7.61. The molecule has 0 saturated carbocycles. The molecule has 0 bridgehead atoms. The average Bonchev–Trinajstić information content (AvgIpc) is 2.44. The molecule has 21 heavy (non-hydrogen) atoms. The van der Waals surface area contributed by atoms with E-state index >= 15 is 0 Å². The van der Waals surface area contributed by atoms with E-state index in [1.807, 2.05) is 28.9 Å². The molecule has 0 radical (unpaired) electrons. The number of hydrogen-bond donors (Lipinski definition) is 1. The lowest BCUT2D eigenvalue weighted by molar-refractivity contribution is 0.237. The van der Waals surface area contributed by atoms with Crippen LogP contribution < -0.4 is 10.7 Å². The van der Waals surface area contributed by atoms with E-state index in [0.717, 1.165) is 30.4 Å². The van der Waals surface area contributed by atoms with Crippen molar-refractivity contribution in [2.75, 3.05) is 6.54 Å². The van der Waals surface area contributed by atoms with E-state index in [4.69, 9.17) is 0 Å². The zero-order valence-corrected chi connectivity index (χ0v) is 13.4. The average molecular weight is 287 g/mol. The second-order valence-electron chi connectivity index (χ2n) is 6.58. The fourth-order valence-electron chi connectivity index (χ4n) is 2.44. The third kappa shape index (κ3) is 3.70. The third-order valence-electron chi connectivity index (χ3n) is 3.80. The normalized spacial score (nSPS) is 13.5. The van der Waals surface area contributed by atoms with Gasteiger partial charge in [0, 0.05) is 11.4 Å². The molecular weight excluding hydrogens is 262 g/mol. The highest BCUT2D eigenvalue weighted by Crippen LogP contribution is 2.21. The number of aromatic nitrogens is 2. The van der Waals surface area contributed by atoms with Crippen molar-refractivity contribution in [3.63, 3.8) is 0 Å². The molecule has 1 atom stereocenters. The van der Waals surface area contributed by atoms with E-state index in [-0.39, 0.29) is 10.8 Å². The molecule has 0 saturated heterocycles. The molecule has 0 amide bonds. The molecule has 4 heteroatoms. The van der Waals surface area contributed by atoms with Gasteiger partial charge >= 0.3 is 0 Å². The van der Waals surface area contributed by atoms with E-state index in [2.05, 4.69) is 38.1 Å². The van der Waals surface area contributed by atoms with Gasteiger partial charge in [-0.2, -0.15) is 5.10 Å². The Morgan fingerprint density at radius 2 is 2.00 bits per heavy atom. The van der Waals surface area contributed by atoms with Crippen LogP contribution in [0.3, 0.4) is 0 Å². The minimum absolute atomic E-state index is 0.0179. The summed E-state index contributed by atoms with van der Waals surface area (Å²) < 4.78 is 1.94. The maximum absolute atomic E-state index is 11.9. The summed E-state index contributed by atoms with van der Waals surface area (Å²) in [5.41, 5.74) is 1.01. The maximum Gasteiger partial charge on any atom is 0.207 e. The molecule has 1 N–H and O–H groups in total. The fourth-order valence-corrected chi connectivity index (χ4v) is 2.44. The summed E-state index contributed by atoms with van der Waals surface area (Å²) in [6, 6.07) is 7.97. The molecule has 2 rings (SSSR count). The Kier molecular flexibility index (Phi) is 4.78. The predicted octanol–water partition coefficient (Wildman–Crippen LogP) is 2.81. The van der Waals surface area contributed by atoms with Crippen LogP contribution >= 0.6 is 0 Å². The van der Waals surface area contributed by atoms with Crippen LogP contribution in [0.1, 0.15) is 34.1 Å². The van der Waals surface area contributed by atoms with Gasteiger partial charge < -0.3 is 5.32 Å². The molecule has 1 aromatic carbocycles. The minimum atomic E-state index is -0.0179. The molecule has 4 nitrogen and oxygen atoms in total. The van der Waals surface area contributed by atoms with E-state index in [0.29, 0.717) is 6.04 Å². The number of para-hydroxylation sites is 1. The van der Waals surface area contributed by atoms with Gasteiger partial charge in [-0.15, -0.1) is 0 Å². The monoisotopic (exact) mass is 287 g/mol. The number of nitrogens with one attached hydrogen (secondary N) is 1. The lowest BCUT2D eigenvalue weighted by Crippen LogP contribution is -2.44.